The van der Waals surface area contributed by atoms with E-state index in [0.29, 0.717) is 24.4 Å². The van der Waals surface area contributed by atoms with Gasteiger partial charge in [-0.3, -0.25) is 9.59 Å². The monoisotopic (exact) mass is 395 g/mol. The molecule has 6 heteroatoms. The molecule has 6 nitrogen and oxygen atoms in total. The molecule has 0 saturated carbocycles. The first kappa shape index (κ1) is 20.7. The third-order valence-electron chi connectivity index (χ3n) is 5.25. The van der Waals surface area contributed by atoms with Crippen LogP contribution >= 0.6 is 0 Å². The van der Waals surface area contributed by atoms with Crippen LogP contribution in [0.1, 0.15) is 30.0 Å². The topological polar surface area (TPSA) is 70.7 Å². The number of ether oxygens (including phenoxy) is 1. The lowest BCUT2D eigenvalue weighted by Gasteiger charge is -2.30. The van der Waals surface area contributed by atoms with E-state index in [1.807, 2.05) is 13.0 Å². The van der Waals surface area contributed by atoms with Crippen LogP contribution in [-0.2, 0) is 22.4 Å². The van der Waals surface area contributed by atoms with Gasteiger partial charge < -0.3 is 20.3 Å². The van der Waals surface area contributed by atoms with Gasteiger partial charge in [0.05, 0.1) is 12.8 Å². The molecule has 1 aliphatic heterocycles. The zero-order valence-corrected chi connectivity index (χ0v) is 17.4. The van der Waals surface area contributed by atoms with E-state index >= 15 is 0 Å². The lowest BCUT2D eigenvalue weighted by molar-refractivity contribution is -0.136. The second kappa shape index (κ2) is 9.45. The first-order valence-electron chi connectivity index (χ1n) is 10.1. The molecule has 154 valence electrons. The third kappa shape index (κ3) is 5.08. The molecule has 3 rings (SSSR count). The van der Waals surface area contributed by atoms with Crippen molar-refractivity contribution in [3.63, 3.8) is 0 Å². The molecule has 0 aliphatic carbocycles. The fourth-order valence-electron chi connectivity index (χ4n) is 3.71. The maximum absolute atomic E-state index is 12.2. The Balaban J connectivity index is 1.53. The highest BCUT2D eigenvalue weighted by Crippen LogP contribution is 2.28. The Morgan fingerprint density at radius 3 is 2.72 bits per heavy atom. The van der Waals surface area contributed by atoms with Crippen molar-refractivity contribution >= 4 is 23.2 Å². The predicted octanol–water partition coefficient (Wildman–Crippen LogP) is 3.07. The van der Waals surface area contributed by atoms with E-state index < -0.39 is 11.8 Å². The van der Waals surface area contributed by atoms with E-state index in [2.05, 4.69) is 40.7 Å². The molecule has 0 saturated heterocycles. The summed E-state index contributed by atoms with van der Waals surface area (Å²) in [5, 5.41) is 5.32. The van der Waals surface area contributed by atoms with Crippen molar-refractivity contribution in [1.82, 2.24) is 5.32 Å². The SMILES string of the molecule is CCN1CCCc2cc(CCNC(=O)C(=O)Nc3cc(C)ccc3OC)ccc21. The summed E-state index contributed by atoms with van der Waals surface area (Å²) in [5.41, 5.74) is 5.31. The summed E-state index contributed by atoms with van der Waals surface area (Å²) in [6.45, 7) is 6.62. The highest BCUT2D eigenvalue weighted by Gasteiger charge is 2.17. The molecule has 0 aromatic heterocycles. The van der Waals surface area contributed by atoms with Crippen molar-refractivity contribution in [3.8, 4) is 5.75 Å². The van der Waals surface area contributed by atoms with Crippen LogP contribution in [0.25, 0.3) is 0 Å². The molecule has 0 fully saturated rings. The van der Waals surface area contributed by atoms with Gasteiger partial charge in [-0.1, -0.05) is 18.2 Å². The fraction of sp³-hybridized carbons (Fsp3) is 0.391. The van der Waals surface area contributed by atoms with Crippen molar-refractivity contribution in [2.75, 3.05) is 37.0 Å². The highest BCUT2D eigenvalue weighted by molar-refractivity contribution is 6.39. The average Bonchev–Trinajstić information content (AvgIpc) is 2.73. The summed E-state index contributed by atoms with van der Waals surface area (Å²) in [4.78, 5) is 26.8. The van der Waals surface area contributed by atoms with Gasteiger partial charge in [0.2, 0.25) is 0 Å². The molecule has 29 heavy (non-hydrogen) atoms. The zero-order chi connectivity index (χ0) is 20.8. The van der Waals surface area contributed by atoms with Crippen LogP contribution in [0.15, 0.2) is 36.4 Å². The van der Waals surface area contributed by atoms with Crippen molar-refractivity contribution in [2.24, 2.45) is 0 Å². The van der Waals surface area contributed by atoms with E-state index in [1.54, 1.807) is 12.1 Å². The molecule has 1 aliphatic rings. The first-order chi connectivity index (χ1) is 14.0. The summed E-state index contributed by atoms with van der Waals surface area (Å²) in [5.74, 6) is -0.825. The van der Waals surface area contributed by atoms with Gasteiger partial charge in [-0.15, -0.1) is 0 Å². The summed E-state index contributed by atoms with van der Waals surface area (Å²) in [7, 11) is 1.53. The number of carbonyl (C=O) groups excluding carboxylic acids is 2. The molecule has 0 radical (unpaired) electrons. The van der Waals surface area contributed by atoms with Gasteiger partial charge in [0.1, 0.15) is 5.75 Å². The van der Waals surface area contributed by atoms with E-state index in [-0.39, 0.29) is 0 Å². The van der Waals surface area contributed by atoms with Gasteiger partial charge in [0, 0.05) is 25.3 Å². The normalized spacial score (nSPS) is 12.9. The molecular formula is C23H29N3O3. The number of fused-ring (bicyclic) bond motifs is 1. The molecule has 0 unspecified atom stereocenters. The molecule has 1 heterocycles. The number of amides is 2. The maximum atomic E-state index is 12.2. The van der Waals surface area contributed by atoms with Crippen molar-refractivity contribution in [1.29, 1.82) is 0 Å². The standard InChI is InChI=1S/C23H29N3O3/c1-4-26-13-5-6-18-15-17(8-9-20(18)26)11-12-24-22(27)23(28)25-19-14-16(2)7-10-21(19)29-3/h7-10,14-15H,4-6,11-13H2,1-3H3,(H,24,27)(H,25,28). The Morgan fingerprint density at radius 2 is 1.97 bits per heavy atom. The van der Waals surface area contributed by atoms with Crippen molar-refractivity contribution in [3.05, 3.63) is 53.1 Å². The summed E-state index contributed by atoms with van der Waals surface area (Å²) in [6, 6.07) is 11.9. The number of methoxy groups -OCH3 is 1. The maximum Gasteiger partial charge on any atom is 0.313 e. The summed E-state index contributed by atoms with van der Waals surface area (Å²) in [6.07, 6.45) is 2.95. The largest absolute Gasteiger partial charge is 0.495 e. The van der Waals surface area contributed by atoms with Crippen LogP contribution in [0.2, 0.25) is 0 Å². The Labute approximate surface area is 172 Å². The smallest absolute Gasteiger partial charge is 0.313 e. The van der Waals surface area contributed by atoms with Crippen LogP contribution in [0.4, 0.5) is 11.4 Å². The number of carbonyl (C=O) groups is 2. The van der Waals surface area contributed by atoms with E-state index in [4.69, 9.17) is 4.74 Å². The van der Waals surface area contributed by atoms with Gasteiger partial charge in [0.15, 0.2) is 0 Å². The van der Waals surface area contributed by atoms with Crippen LogP contribution in [0.5, 0.6) is 5.75 Å². The molecule has 2 amide bonds. The first-order valence-corrected chi connectivity index (χ1v) is 10.1. The quantitative estimate of drug-likeness (QED) is 0.738. The van der Waals surface area contributed by atoms with E-state index in [9.17, 15) is 9.59 Å². The minimum Gasteiger partial charge on any atom is -0.495 e. The Bertz CT molecular complexity index is 895. The number of nitrogens with zero attached hydrogens (tertiary/aromatic N) is 1. The second-order valence-electron chi connectivity index (χ2n) is 7.31. The number of aryl methyl sites for hydroxylation is 2. The third-order valence-corrected chi connectivity index (χ3v) is 5.25. The van der Waals surface area contributed by atoms with Gasteiger partial charge >= 0.3 is 11.8 Å². The number of nitrogens with one attached hydrogen (secondary N) is 2. The van der Waals surface area contributed by atoms with Crippen LogP contribution in [-0.4, -0.2) is 38.6 Å². The van der Waals surface area contributed by atoms with Crippen LogP contribution in [0, 0.1) is 6.92 Å². The molecule has 0 spiro atoms. The lowest BCUT2D eigenvalue weighted by Crippen LogP contribution is -2.36. The van der Waals surface area contributed by atoms with E-state index in [1.165, 1.54) is 30.3 Å². The number of anilines is 2. The lowest BCUT2D eigenvalue weighted by atomic mass is 9.98. The van der Waals surface area contributed by atoms with Gasteiger partial charge in [-0.2, -0.15) is 0 Å². The fourth-order valence-corrected chi connectivity index (χ4v) is 3.71. The molecule has 2 aromatic rings. The second-order valence-corrected chi connectivity index (χ2v) is 7.31. The highest BCUT2D eigenvalue weighted by atomic mass is 16.5. The molecule has 0 bridgehead atoms. The Hall–Kier alpha value is -3.02. The van der Waals surface area contributed by atoms with Crippen LogP contribution in [0.3, 0.4) is 0 Å². The Morgan fingerprint density at radius 1 is 1.14 bits per heavy atom. The van der Waals surface area contributed by atoms with Gasteiger partial charge in [0.25, 0.3) is 0 Å². The van der Waals surface area contributed by atoms with Gasteiger partial charge in [-0.25, -0.2) is 0 Å². The summed E-state index contributed by atoms with van der Waals surface area (Å²) < 4.78 is 5.23. The molecule has 2 N–H and O–H groups in total. The molecular weight excluding hydrogens is 366 g/mol. The number of hydrogen-bond acceptors (Lipinski definition) is 4. The van der Waals surface area contributed by atoms with Crippen molar-refractivity contribution < 1.29 is 14.3 Å². The number of benzene rings is 2. The minimum atomic E-state index is -0.696. The zero-order valence-electron chi connectivity index (χ0n) is 17.4. The Kier molecular flexibility index (Phi) is 6.75. The summed E-state index contributed by atoms with van der Waals surface area (Å²) >= 11 is 0. The minimum absolute atomic E-state index is 0.410. The predicted molar refractivity (Wildman–Crippen MR) is 116 cm³/mol. The number of hydrogen-bond donors (Lipinski definition) is 2. The van der Waals surface area contributed by atoms with Crippen LogP contribution < -0.4 is 20.3 Å². The number of rotatable bonds is 6. The average molecular weight is 396 g/mol. The van der Waals surface area contributed by atoms with E-state index in [0.717, 1.165) is 25.1 Å². The molecule has 2 aromatic carbocycles. The van der Waals surface area contributed by atoms with Gasteiger partial charge in [-0.05, 0) is 68.0 Å². The van der Waals surface area contributed by atoms with Crippen molar-refractivity contribution in [2.45, 2.75) is 33.1 Å². The molecule has 0 atom stereocenters.